The molecule has 12 atom stereocenters. The van der Waals surface area contributed by atoms with Crippen molar-refractivity contribution in [3.63, 3.8) is 0 Å². The van der Waals surface area contributed by atoms with Gasteiger partial charge in [-0.1, -0.05) is 84.9 Å². The summed E-state index contributed by atoms with van der Waals surface area (Å²) in [5, 5.41) is 84.0. The lowest BCUT2D eigenvalue weighted by molar-refractivity contribution is -0.138. The first-order chi connectivity index (χ1) is 42.0. The van der Waals surface area contributed by atoms with Crippen LogP contribution in [-0.4, -0.2) is 179 Å². The number of thiol groups is 1. The average molecular weight is 1270 g/mol. The summed E-state index contributed by atoms with van der Waals surface area (Å²) in [6, 6.07) is 22.1. The Balaban J connectivity index is 0.000000734. The zero-order valence-electron chi connectivity index (χ0n) is 50.6. The summed E-state index contributed by atoms with van der Waals surface area (Å²) in [5.74, 6) is -6.74. The van der Waals surface area contributed by atoms with Crippen molar-refractivity contribution in [2.24, 2.45) is 11.5 Å². The van der Waals surface area contributed by atoms with E-state index in [1.807, 2.05) is 67.6 Å². The summed E-state index contributed by atoms with van der Waals surface area (Å²) in [6.45, 7) is 6.50. The maximum atomic E-state index is 13.4. The fraction of sp³-hybridized carbons (Fsp3) is 0.433. The first-order valence-electron chi connectivity index (χ1n) is 28.5. The minimum absolute atomic E-state index is 0. The highest BCUT2D eigenvalue weighted by molar-refractivity contribution is 7.96. The van der Waals surface area contributed by atoms with Gasteiger partial charge in [0.15, 0.2) is 5.78 Å². The van der Waals surface area contributed by atoms with Gasteiger partial charge >= 0.3 is 11.9 Å². The molecular weight excluding hydrogens is 1190 g/mol. The van der Waals surface area contributed by atoms with Crippen LogP contribution < -0.4 is 48.7 Å². The predicted octanol–water partition coefficient (Wildman–Crippen LogP) is -1.10. The zero-order chi connectivity index (χ0) is 66.9. The molecule has 0 spiro atoms. The van der Waals surface area contributed by atoms with Crippen molar-refractivity contribution in [1.82, 2.24) is 37.2 Å². The van der Waals surface area contributed by atoms with E-state index in [1.54, 1.807) is 12.1 Å². The first kappa shape index (κ1) is 76.7. The molecule has 6 amide bonds. The van der Waals surface area contributed by atoms with E-state index in [9.17, 15) is 77.9 Å². The number of aliphatic carboxylic acids is 2. The molecule has 0 radical (unpaired) electrons. The van der Waals surface area contributed by atoms with Crippen LogP contribution >= 0.6 is 12.6 Å². The Morgan fingerprint density at radius 3 is 1.29 bits per heavy atom. The number of aryl methyl sites for hydroxylation is 1. The number of ketones is 1. The van der Waals surface area contributed by atoms with E-state index >= 15 is 0 Å². The number of phenols is 2. The number of carboxylic acids is 2. The van der Waals surface area contributed by atoms with Gasteiger partial charge in [-0.2, -0.15) is 0 Å². The Morgan fingerprint density at radius 1 is 0.562 bits per heavy atom. The number of benzene rings is 4. The minimum Gasteiger partial charge on any atom is -0.508 e. The number of aliphatic hydroxyl groups excluding tert-OH is 3. The van der Waals surface area contributed by atoms with Gasteiger partial charge < -0.3 is 84.6 Å². The molecule has 0 aliphatic carbocycles. The summed E-state index contributed by atoms with van der Waals surface area (Å²) < 4.78 is 15.5. The SMILES string of the molecule is C[C@@H](O)C(NC(=O)[C@H](Cc1ccc(O)cc1)NC(=O)[C@@H](N)CCC(=O)O)C(=O)N[C@H](C(=O)CCc1ccccc1)[C@@H](C)O.C[C@@H](O)C(NC(=O)[C@H](Cc1ccc(O)cc1)NC(=O)[C@@H](N)CCC(=O)O)C(=O)S.C[C@@H]1N[C@@H]1C(=O)NCc1ccccc1.O.[2H]CF. The van der Waals surface area contributed by atoms with Crippen molar-refractivity contribution in [1.29, 1.82) is 0 Å². The molecule has 5 rings (SSSR count). The largest absolute Gasteiger partial charge is 0.508 e. The van der Waals surface area contributed by atoms with Crippen molar-refractivity contribution in [3.8, 4) is 11.5 Å². The van der Waals surface area contributed by atoms with Crippen LogP contribution in [0.5, 0.6) is 11.5 Å². The van der Waals surface area contributed by atoms with Crippen LogP contribution in [0.4, 0.5) is 4.39 Å². The Labute approximate surface area is 521 Å². The second-order valence-corrected chi connectivity index (χ2v) is 21.0. The summed E-state index contributed by atoms with van der Waals surface area (Å²) in [4.78, 5) is 121. The third-order valence-electron chi connectivity index (χ3n) is 13.2. The molecule has 0 saturated carbocycles. The Hall–Kier alpha value is -8.42. The minimum atomic E-state index is -1.57. The van der Waals surface area contributed by atoms with Gasteiger partial charge in [-0.15, -0.1) is 12.6 Å². The van der Waals surface area contributed by atoms with Gasteiger partial charge in [-0.3, -0.25) is 57.7 Å². The average Bonchev–Trinajstić information content (AvgIpc) is 2.68. The van der Waals surface area contributed by atoms with E-state index in [1.165, 1.54) is 57.2 Å². The molecule has 29 heteroatoms. The number of carbonyl (C=O) groups excluding carboxylic acids is 8. The van der Waals surface area contributed by atoms with Gasteiger partial charge in [-0.05, 0) is 93.5 Å². The van der Waals surface area contributed by atoms with E-state index in [-0.39, 0.29) is 73.9 Å². The number of carbonyl (C=O) groups is 10. The molecule has 1 aliphatic rings. The lowest BCUT2D eigenvalue weighted by Gasteiger charge is -2.28. The topological polar surface area (TPSA) is 490 Å². The number of nitrogens with one attached hydrogen (secondary N) is 7. The van der Waals surface area contributed by atoms with E-state index < -0.39 is 120 Å². The van der Waals surface area contributed by atoms with Crippen LogP contribution in [0.1, 0.15) is 83.4 Å². The molecule has 27 nitrogen and oxygen atoms in total. The molecule has 89 heavy (non-hydrogen) atoms. The van der Waals surface area contributed by atoms with Crippen LogP contribution in [0.15, 0.2) is 109 Å². The molecule has 0 aromatic heterocycles. The molecule has 1 fully saturated rings. The molecule has 1 saturated heterocycles. The second kappa shape index (κ2) is 40.9. The van der Waals surface area contributed by atoms with Crippen molar-refractivity contribution in [3.05, 3.63) is 131 Å². The fourth-order valence-electron chi connectivity index (χ4n) is 8.04. The number of amides is 6. The molecular formula is C60H84FN9O18S. The van der Waals surface area contributed by atoms with E-state index in [4.69, 9.17) is 23.1 Å². The predicted molar refractivity (Wildman–Crippen MR) is 327 cm³/mol. The lowest BCUT2D eigenvalue weighted by Crippen LogP contribution is -2.61. The third-order valence-corrected chi connectivity index (χ3v) is 13.5. The first-order valence-corrected chi connectivity index (χ1v) is 28.2. The van der Waals surface area contributed by atoms with Gasteiger partial charge in [0.05, 0.1) is 38.9 Å². The number of aliphatic hydroxyl groups is 3. The maximum Gasteiger partial charge on any atom is 0.303 e. The highest BCUT2D eigenvalue weighted by Gasteiger charge is 2.38. The van der Waals surface area contributed by atoms with Crippen molar-refractivity contribution >= 4 is 70.9 Å². The molecule has 2 unspecified atom stereocenters. The van der Waals surface area contributed by atoms with Crippen LogP contribution in [0.2, 0.25) is 0 Å². The highest BCUT2D eigenvalue weighted by Crippen LogP contribution is 2.15. The number of Topliss-reactive ketones (excluding diaryl/α,β-unsaturated/α-hetero) is 1. The summed E-state index contributed by atoms with van der Waals surface area (Å²) in [7, 11) is -1.00. The van der Waals surface area contributed by atoms with Crippen LogP contribution in [0, 0.1) is 0 Å². The van der Waals surface area contributed by atoms with Crippen molar-refractivity contribution in [2.45, 2.75) is 158 Å². The number of hydrogen-bond acceptors (Lipinski definition) is 18. The molecule has 490 valence electrons. The number of phenolic OH excluding ortho intramolecular Hbond substituents is 2. The number of hydrogen-bond donors (Lipinski definition) is 17. The van der Waals surface area contributed by atoms with Crippen molar-refractivity contribution < 1.29 is 94.9 Å². The Bertz CT molecular complexity index is 2910. The van der Waals surface area contributed by atoms with Crippen LogP contribution in [0.25, 0.3) is 0 Å². The summed E-state index contributed by atoms with van der Waals surface area (Å²) >= 11 is 3.63. The number of nitrogens with two attached hydrogens (primary N) is 2. The monoisotopic (exact) mass is 1270 g/mol. The molecule has 4 aromatic carbocycles. The molecule has 20 N–H and O–H groups in total. The number of aromatic hydroxyl groups is 2. The molecule has 1 heterocycles. The normalized spacial score (nSPS) is 16.2. The van der Waals surface area contributed by atoms with Gasteiger partial charge in [0.2, 0.25) is 40.6 Å². The van der Waals surface area contributed by atoms with Gasteiger partial charge in [0, 0.05) is 44.7 Å². The molecule has 0 bridgehead atoms. The third kappa shape index (κ3) is 30.4. The standard InChI is InChI=1S/C30H40N4O9.C18H25N3O7S.C11H14N2O.CH3F.H2O/c1-17(35)26(24(38)14-10-19-6-4-3-5-7-19)33-30(43)27(18(2)36)34-29(42)23(16-20-8-11-21(37)12-9-20)32-28(41)22(31)13-15-25(39)40;1-9(22)15(18(28)29)21-17(27)13(8-10-2-4-11(23)5-3-10)20-16(26)12(19)6-7-14(24)25;1-8-10(13-8)11(14)12-7-9-5-3-2-4-6-9;1-2;/h3-9,11-12,17-18,22-23,26-27,35-37H,10,13-16,31H2,1-2H3,(H,32,41)(H,33,43)(H,34,42)(H,39,40);2-5,9,12-13,15,22-23H,6-8,19H2,1H3,(H,20,26)(H,21,27)(H,24,25)(H,28,29);2-6,8,10,13H,7H2,1H3,(H,12,14);1H3;1H2/t17-,18-,22+,23+,26+,27?;9-,12+,13+,15?;8-,10-;;/m110../s1/i;;;1D;. The van der Waals surface area contributed by atoms with E-state index in [0.29, 0.717) is 30.1 Å². The number of rotatable bonds is 31. The van der Waals surface area contributed by atoms with Gasteiger partial charge in [-0.25, -0.2) is 0 Å². The van der Waals surface area contributed by atoms with Gasteiger partial charge in [0.1, 0.15) is 47.8 Å². The quantitative estimate of drug-likeness (QED) is 0.0210. The summed E-state index contributed by atoms with van der Waals surface area (Å²) in [5.41, 5.74) is 14.6. The van der Waals surface area contributed by atoms with Crippen LogP contribution in [0.3, 0.4) is 0 Å². The molecule has 1 aliphatic heterocycles. The number of halogens is 1. The van der Waals surface area contributed by atoms with E-state index in [0.717, 1.165) is 11.1 Å². The van der Waals surface area contributed by atoms with Gasteiger partial charge in [0.25, 0.3) is 0 Å². The maximum absolute atomic E-state index is 13.4. The second-order valence-electron chi connectivity index (χ2n) is 20.5. The summed E-state index contributed by atoms with van der Waals surface area (Å²) in [6.07, 6.45) is -4.64. The lowest BCUT2D eigenvalue weighted by atomic mass is 9.99. The zero-order valence-corrected chi connectivity index (χ0v) is 50.5. The van der Waals surface area contributed by atoms with E-state index in [2.05, 4.69) is 49.8 Å². The smallest absolute Gasteiger partial charge is 0.303 e. The fourth-order valence-corrected chi connectivity index (χ4v) is 8.32. The number of carboxylic acid groups (broad SMARTS) is 2. The number of alkyl halides is 1. The Morgan fingerprint density at radius 2 is 0.933 bits per heavy atom. The Kier molecular flexibility index (Phi) is 35.3. The molecule has 4 aromatic rings. The highest BCUT2D eigenvalue weighted by atomic mass is 32.1. The van der Waals surface area contributed by atoms with Crippen molar-refractivity contribution in [2.75, 3.05) is 7.15 Å². The van der Waals surface area contributed by atoms with Crippen LogP contribution in [-0.2, 0) is 73.8 Å².